The zero-order valence-corrected chi connectivity index (χ0v) is 14.3. The molecular formula is C14H29Cl2N3O. The highest BCUT2D eigenvalue weighted by atomic mass is 35.5. The number of carbonyl (C=O) groups is 1. The van der Waals surface area contributed by atoms with Crippen molar-refractivity contribution in [1.82, 2.24) is 15.1 Å². The van der Waals surface area contributed by atoms with E-state index in [1.165, 1.54) is 12.8 Å². The molecule has 2 atom stereocenters. The summed E-state index contributed by atoms with van der Waals surface area (Å²) in [4.78, 5) is 16.8. The van der Waals surface area contributed by atoms with E-state index >= 15 is 0 Å². The number of rotatable bonds is 5. The molecule has 0 aromatic carbocycles. The van der Waals surface area contributed by atoms with E-state index in [2.05, 4.69) is 29.1 Å². The van der Waals surface area contributed by atoms with E-state index in [4.69, 9.17) is 0 Å². The third kappa shape index (κ3) is 5.40. The Balaban J connectivity index is 0.00000180. The average molecular weight is 326 g/mol. The Morgan fingerprint density at radius 3 is 2.70 bits per heavy atom. The summed E-state index contributed by atoms with van der Waals surface area (Å²) in [6, 6.07) is 0. The number of hydrogen-bond donors (Lipinski definition) is 1. The van der Waals surface area contributed by atoms with Gasteiger partial charge in [0.2, 0.25) is 5.91 Å². The highest BCUT2D eigenvalue weighted by Gasteiger charge is 2.32. The fourth-order valence-corrected chi connectivity index (χ4v) is 3.22. The second-order valence-corrected chi connectivity index (χ2v) is 5.89. The summed E-state index contributed by atoms with van der Waals surface area (Å²) in [5, 5.41) is 3.28. The Bertz CT molecular complexity index is 286. The van der Waals surface area contributed by atoms with Crippen molar-refractivity contribution in [1.29, 1.82) is 0 Å². The fourth-order valence-electron chi connectivity index (χ4n) is 3.22. The minimum atomic E-state index is 0. The van der Waals surface area contributed by atoms with Gasteiger partial charge in [-0.15, -0.1) is 24.8 Å². The molecule has 0 radical (unpaired) electrons. The molecule has 2 saturated heterocycles. The van der Waals surface area contributed by atoms with Gasteiger partial charge in [0.25, 0.3) is 0 Å². The molecule has 2 unspecified atom stereocenters. The van der Waals surface area contributed by atoms with Gasteiger partial charge < -0.3 is 15.1 Å². The number of hydrogen-bond acceptors (Lipinski definition) is 3. The van der Waals surface area contributed by atoms with Gasteiger partial charge in [0.1, 0.15) is 0 Å². The third-order valence-corrected chi connectivity index (χ3v) is 4.18. The van der Waals surface area contributed by atoms with Crippen molar-refractivity contribution in [2.24, 2.45) is 11.8 Å². The van der Waals surface area contributed by atoms with E-state index in [-0.39, 0.29) is 30.7 Å². The predicted octanol–water partition coefficient (Wildman–Crippen LogP) is 1.63. The second-order valence-electron chi connectivity index (χ2n) is 5.89. The van der Waals surface area contributed by atoms with E-state index in [0.717, 1.165) is 45.7 Å². The van der Waals surface area contributed by atoms with Crippen molar-refractivity contribution in [3.63, 3.8) is 0 Å². The lowest BCUT2D eigenvalue weighted by molar-refractivity contribution is -0.133. The van der Waals surface area contributed by atoms with Gasteiger partial charge in [0.05, 0.1) is 5.92 Å². The molecule has 0 saturated carbocycles. The molecule has 0 bridgehead atoms. The Kier molecular flexibility index (Phi) is 9.81. The van der Waals surface area contributed by atoms with E-state index in [0.29, 0.717) is 11.8 Å². The van der Waals surface area contributed by atoms with Crippen LogP contribution < -0.4 is 5.32 Å². The largest absolute Gasteiger partial charge is 0.342 e. The predicted molar refractivity (Wildman–Crippen MR) is 87.9 cm³/mol. The molecule has 4 nitrogen and oxygen atoms in total. The lowest BCUT2D eigenvalue weighted by Crippen LogP contribution is -2.36. The van der Waals surface area contributed by atoms with Crippen LogP contribution in [0.5, 0.6) is 0 Å². The molecule has 2 rings (SSSR count). The standard InChI is InChI=1S/C14H27N3O.2ClH/c1-3-7-16(2)10-12-5-8-17(11-12)14(18)13-4-6-15-9-13;;/h12-13,15H,3-11H2,1-2H3;2*1H. The van der Waals surface area contributed by atoms with Gasteiger partial charge in [0.15, 0.2) is 0 Å². The highest BCUT2D eigenvalue weighted by molar-refractivity contribution is 5.85. The molecule has 1 amide bonds. The number of likely N-dealkylation sites (tertiary alicyclic amines) is 1. The molecule has 2 fully saturated rings. The van der Waals surface area contributed by atoms with Crippen molar-refractivity contribution in [2.75, 3.05) is 46.3 Å². The maximum atomic E-state index is 12.3. The van der Waals surface area contributed by atoms with E-state index in [1.807, 2.05) is 0 Å². The van der Waals surface area contributed by atoms with Crippen LogP contribution in [0.1, 0.15) is 26.2 Å². The van der Waals surface area contributed by atoms with Crippen LogP contribution in [0.25, 0.3) is 0 Å². The summed E-state index contributed by atoms with van der Waals surface area (Å²) < 4.78 is 0. The molecule has 1 N–H and O–H groups in total. The first-order chi connectivity index (χ1) is 8.70. The molecule has 2 heterocycles. The van der Waals surface area contributed by atoms with Gasteiger partial charge in [0, 0.05) is 26.2 Å². The van der Waals surface area contributed by atoms with Crippen LogP contribution in [0.2, 0.25) is 0 Å². The third-order valence-electron chi connectivity index (χ3n) is 4.18. The minimum absolute atomic E-state index is 0. The Labute approximate surface area is 135 Å². The first-order valence-electron chi connectivity index (χ1n) is 7.38. The zero-order chi connectivity index (χ0) is 13.0. The fraction of sp³-hybridized carbons (Fsp3) is 0.929. The molecule has 0 aliphatic carbocycles. The normalized spacial score (nSPS) is 25.4. The topological polar surface area (TPSA) is 35.6 Å². The molecule has 0 aromatic rings. The smallest absolute Gasteiger partial charge is 0.227 e. The van der Waals surface area contributed by atoms with Crippen molar-refractivity contribution in [3.05, 3.63) is 0 Å². The lowest BCUT2D eigenvalue weighted by Gasteiger charge is -2.22. The number of nitrogens with one attached hydrogen (secondary N) is 1. The van der Waals surface area contributed by atoms with Crippen molar-refractivity contribution >= 4 is 30.7 Å². The van der Waals surface area contributed by atoms with E-state index in [9.17, 15) is 4.79 Å². The molecule has 6 heteroatoms. The number of amides is 1. The molecule has 120 valence electrons. The van der Waals surface area contributed by atoms with Crippen molar-refractivity contribution in [3.8, 4) is 0 Å². The van der Waals surface area contributed by atoms with Gasteiger partial charge in [-0.2, -0.15) is 0 Å². The Morgan fingerprint density at radius 1 is 1.35 bits per heavy atom. The maximum absolute atomic E-state index is 12.3. The lowest BCUT2D eigenvalue weighted by atomic mass is 10.1. The van der Waals surface area contributed by atoms with Crippen LogP contribution in [0.3, 0.4) is 0 Å². The summed E-state index contributed by atoms with van der Waals surface area (Å²) in [6.45, 7) is 8.36. The second kappa shape index (κ2) is 9.82. The molecule has 2 aliphatic rings. The van der Waals surface area contributed by atoms with Gasteiger partial charge in [-0.1, -0.05) is 6.92 Å². The van der Waals surface area contributed by atoms with Gasteiger partial charge >= 0.3 is 0 Å². The maximum Gasteiger partial charge on any atom is 0.227 e. The number of nitrogens with zero attached hydrogens (tertiary/aromatic N) is 2. The molecule has 0 spiro atoms. The van der Waals surface area contributed by atoms with Crippen LogP contribution in [0.4, 0.5) is 0 Å². The van der Waals surface area contributed by atoms with Crippen LogP contribution in [0.15, 0.2) is 0 Å². The summed E-state index contributed by atoms with van der Waals surface area (Å²) in [5.74, 6) is 1.32. The van der Waals surface area contributed by atoms with Crippen LogP contribution >= 0.6 is 24.8 Å². The van der Waals surface area contributed by atoms with Crippen LogP contribution in [0, 0.1) is 11.8 Å². The SMILES string of the molecule is CCCN(C)CC1CCN(C(=O)C2CCNC2)C1.Cl.Cl. The van der Waals surface area contributed by atoms with Gasteiger partial charge in [-0.05, 0) is 45.3 Å². The van der Waals surface area contributed by atoms with Gasteiger partial charge in [-0.3, -0.25) is 4.79 Å². The molecule has 2 aliphatic heterocycles. The van der Waals surface area contributed by atoms with E-state index in [1.54, 1.807) is 0 Å². The average Bonchev–Trinajstić information content (AvgIpc) is 2.98. The summed E-state index contributed by atoms with van der Waals surface area (Å²) in [5.41, 5.74) is 0. The first kappa shape index (κ1) is 20.0. The Hall–Kier alpha value is -0.0300. The van der Waals surface area contributed by atoms with Crippen LogP contribution in [-0.4, -0.2) is 62.0 Å². The van der Waals surface area contributed by atoms with Crippen molar-refractivity contribution in [2.45, 2.75) is 26.2 Å². The number of halogens is 2. The summed E-state index contributed by atoms with van der Waals surface area (Å²) >= 11 is 0. The first-order valence-corrected chi connectivity index (χ1v) is 7.38. The van der Waals surface area contributed by atoms with E-state index < -0.39 is 0 Å². The van der Waals surface area contributed by atoms with Crippen molar-refractivity contribution < 1.29 is 4.79 Å². The Morgan fingerprint density at radius 2 is 2.10 bits per heavy atom. The zero-order valence-electron chi connectivity index (χ0n) is 12.6. The number of carbonyl (C=O) groups excluding carboxylic acids is 1. The summed E-state index contributed by atoms with van der Waals surface area (Å²) in [6.07, 6.45) is 3.41. The van der Waals surface area contributed by atoms with Gasteiger partial charge in [-0.25, -0.2) is 0 Å². The quantitative estimate of drug-likeness (QED) is 0.834. The highest BCUT2D eigenvalue weighted by Crippen LogP contribution is 2.21. The summed E-state index contributed by atoms with van der Waals surface area (Å²) in [7, 11) is 2.19. The molecule has 0 aromatic heterocycles. The minimum Gasteiger partial charge on any atom is -0.342 e. The monoisotopic (exact) mass is 325 g/mol. The molecular weight excluding hydrogens is 297 g/mol. The van der Waals surface area contributed by atoms with Crippen LogP contribution in [-0.2, 0) is 4.79 Å². The molecule has 20 heavy (non-hydrogen) atoms.